The smallest absolute Gasteiger partial charge is 0.234 e. The van der Waals surface area contributed by atoms with Gasteiger partial charge < -0.3 is 4.42 Å². The number of rotatable bonds is 4. The number of nitrogens with zero attached hydrogens (tertiary/aromatic N) is 2. The van der Waals surface area contributed by atoms with Crippen molar-refractivity contribution in [3.63, 3.8) is 0 Å². The van der Waals surface area contributed by atoms with Crippen LogP contribution in [-0.2, 0) is 17.8 Å². The second-order valence-electron chi connectivity index (χ2n) is 6.83. The normalized spacial score (nSPS) is 11.8. The first-order valence-electron chi connectivity index (χ1n) is 8.13. The van der Waals surface area contributed by atoms with Crippen molar-refractivity contribution < 1.29 is 9.21 Å². The third-order valence-corrected chi connectivity index (χ3v) is 4.93. The van der Waals surface area contributed by atoms with E-state index in [1.165, 1.54) is 5.56 Å². The Bertz CT molecular complexity index is 844. The van der Waals surface area contributed by atoms with E-state index in [1.807, 2.05) is 39.0 Å². The van der Waals surface area contributed by atoms with Gasteiger partial charge in [0.25, 0.3) is 0 Å². The maximum atomic E-state index is 13.0. The molecule has 2 aromatic heterocycles. The molecule has 0 aliphatic heterocycles. The van der Waals surface area contributed by atoms with Gasteiger partial charge in [-0.3, -0.25) is 9.69 Å². The van der Waals surface area contributed by atoms with Crippen molar-refractivity contribution >= 4 is 32.6 Å². The van der Waals surface area contributed by atoms with Gasteiger partial charge in [0.05, 0.1) is 23.0 Å². The van der Waals surface area contributed by atoms with Crippen molar-refractivity contribution in [2.45, 2.75) is 40.7 Å². The fraction of sp³-hybridized carbons (Fsp3) is 0.368. The monoisotopic (exact) mass is 342 g/mol. The molecule has 5 heteroatoms. The predicted octanol–water partition coefficient (Wildman–Crippen LogP) is 5.03. The van der Waals surface area contributed by atoms with Gasteiger partial charge in [0.15, 0.2) is 5.13 Å². The van der Waals surface area contributed by atoms with Crippen LogP contribution < -0.4 is 4.90 Å². The Labute approximate surface area is 146 Å². The van der Waals surface area contributed by atoms with E-state index in [-0.39, 0.29) is 5.91 Å². The Balaban J connectivity index is 2.06. The van der Waals surface area contributed by atoms with Crippen LogP contribution >= 0.6 is 11.3 Å². The molecule has 1 aromatic carbocycles. The first kappa shape index (κ1) is 16.7. The van der Waals surface area contributed by atoms with E-state index in [2.05, 4.69) is 19.1 Å². The molecule has 0 bridgehead atoms. The van der Waals surface area contributed by atoms with Crippen molar-refractivity contribution in [3.8, 4) is 0 Å². The average molecular weight is 342 g/mol. The molecule has 0 aliphatic carbocycles. The molecule has 4 nitrogen and oxygen atoms in total. The highest BCUT2D eigenvalue weighted by Crippen LogP contribution is 2.34. The van der Waals surface area contributed by atoms with Gasteiger partial charge in [-0.15, -0.1) is 0 Å². The summed E-state index contributed by atoms with van der Waals surface area (Å²) < 4.78 is 6.56. The number of benzene rings is 1. The van der Waals surface area contributed by atoms with Crippen LogP contribution in [0.3, 0.4) is 0 Å². The lowest BCUT2D eigenvalue weighted by Gasteiger charge is -2.26. The molecule has 0 saturated heterocycles. The van der Waals surface area contributed by atoms with Crippen LogP contribution in [0.2, 0.25) is 0 Å². The Morgan fingerprint density at radius 3 is 2.67 bits per heavy atom. The number of carbonyl (C=O) groups excluding carboxylic acids is 1. The zero-order valence-electron chi connectivity index (χ0n) is 14.5. The summed E-state index contributed by atoms with van der Waals surface area (Å²) in [6.45, 7) is 8.29. The Kier molecular flexibility index (Phi) is 4.45. The number of hydrogen-bond donors (Lipinski definition) is 0. The number of carbonyl (C=O) groups is 1. The van der Waals surface area contributed by atoms with E-state index < -0.39 is 5.41 Å². The summed E-state index contributed by atoms with van der Waals surface area (Å²) in [7, 11) is 0. The number of anilines is 1. The van der Waals surface area contributed by atoms with E-state index in [0.717, 1.165) is 27.5 Å². The van der Waals surface area contributed by atoms with E-state index >= 15 is 0 Å². The van der Waals surface area contributed by atoms with Crippen molar-refractivity contribution in [2.75, 3.05) is 4.90 Å². The number of aryl methyl sites for hydroxylation is 1. The molecule has 0 radical (unpaired) electrons. The minimum atomic E-state index is -0.488. The molecule has 0 unspecified atom stereocenters. The lowest BCUT2D eigenvalue weighted by molar-refractivity contribution is -0.126. The highest BCUT2D eigenvalue weighted by atomic mass is 32.1. The Hall–Kier alpha value is -2.14. The molecule has 0 aliphatic rings. The van der Waals surface area contributed by atoms with Crippen molar-refractivity contribution in [3.05, 3.63) is 47.9 Å². The number of hydrogen-bond acceptors (Lipinski definition) is 4. The van der Waals surface area contributed by atoms with E-state index in [0.29, 0.717) is 6.54 Å². The number of amides is 1. The summed E-state index contributed by atoms with van der Waals surface area (Å²) in [5, 5.41) is 0.724. The van der Waals surface area contributed by atoms with Crippen LogP contribution in [-0.4, -0.2) is 10.9 Å². The van der Waals surface area contributed by atoms with Crippen molar-refractivity contribution in [1.29, 1.82) is 0 Å². The van der Waals surface area contributed by atoms with E-state index in [4.69, 9.17) is 9.40 Å². The molecule has 1 amide bonds. The lowest BCUT2D eigenvalue weighted by Crippen LogP contribution is -2.39. The van der Waals surface area contributed by atoms with Crippen LogP contribution in [0.25, 0.3) is 10.2 Å². The third kappa shape index (κ3) is 3.22. The summed E-state index contributed by atoms with van der Waals surface area (Å²) in [4.78, 5) is 19.5. The van der Waals surface area contributed by atoms with Crippen LogP contribution in [0.5, 0.6) is 0 Å². The maximum absolute atomic E-state index is 13.0. The topological polar surface area (TPSA) is 46.3 Å². The second kappa shape index (κ2) is 6.40. The van der Waals surface area contributed by atoms with E-state index in [1.54, 1.807) is 22.5 Å². The first-order chi connectivity index (χ1) is 11.4. The lowest BCUT2D eigenvalue weighted by atomic mass is 9.95. The van der Waals surface area contributed by atoms with Gasteiger partial charge in [-0.05, 0) is 30.2 Å². The molecule has 126 valence electrons. The molecule has 0 N–H and O–H groups in total. The minimum absolute atomic E-state index is 0.0380. The van der Waals surface area contributed by atoms with Crippen molar-refractivity contribution in [2.24, 2.45) is 5.41 Å². The zero-order chi connectivity index (χ0) is 17.3. The number of furan rings is 1. The fourth-order valence-electron chi connectivity index (χ4n) is 2.58. The second-order valence-corrected chi connectivity index (χ2v) is 7.84. The summed E-state index contributed by atoms with van der Waals surface area (Å²) in [6, 6.07) is 9.92. The van der Waals surface area contributed by atoms with Gasteiger partial charge in [-0.2, -0.15) is 0 Å². The van der Waals surface area contributed by atoms with Crippen LogP contribution in [0, 0.1) is 5.41 Å². The molecular formula is C19H22N2O2S. The SMILES string of the molecule is CCc1cccc2sc(N(Cc3ccco3)C(=O)C(C)(C)C)nc12. The minimum Gasteiger partial charge on any atom is -0.467 e. The van der Waals surface area contributed by atoms with Crippen LogP contribution in [0.1, 0.15) is 39.0 Å². The highest BCUT2D eigenvalue weighted by Gasteiger charge is 2.31. The molecule has 0 atom stereocenters. The summed E-state index contributed by atoms with van der Waals surface area (Å²) in [5.41, 5.74) is 1.71. The van der Waals surface area contributed by atoms with Gasteiger partial charge in [-0.1, -0.05) is 51.2 Å². The standard InChI is InChI=1S/C19H22N2O2S/c1-5-13-8-6-10-15-16(13)20-18(24-15)21(17(22)19(2,3)4)12-14-9-7-11-23-14/h6-11H,5,12H2,1-4H3. The molecule has 2 heterocycles. The predicted molar refractivity (Wildman–Crippen MR) is 98.4 cm³/mol. The largest absolute Gasteiger partial charge is 0.467 e. The van der Waals surface area contributed by atoms with Gasteiger partial charge >= 0.3 is 0 Å². The van der Waals surface area contributed by atoms with Gasteiger partial charge in [0.2, 0.25) is 5.91 Å². The quantitative estimate of drug-likeness (QED) is 0.668. The molecule has 3 aromatic rings. The van der Waals surface area contributed by atoms with Gasteiger partial charge in [0, 0.05) is 5.41 Å². The first-order valence-corrected chi connectivity index (χ1v) is 8.94. The molecule has 0 saturated carbocycles. The molecule has 3 rings (SSSR count). The molecule has 24 heavy (non-hydrogen) atoms. The Morgan fingerprint density at radius 1 is 1.25 bits per heavy atom. The molecular weight excluding hydrogens is 320 g/mol. The maximum Gasteiger partial charge on any atom is 0.234 e. The zero-order valence-corrected chi connectivity index (χ0v) is 15.3. The third-order valence-electron chi connectivity index (χ3n) is 3.88. The fourth-order valence-corrected chi connectivity index (χ4v) is 3.60. The molecule has 0 spiro atoms. The van der Waals surface area contributed by atoms with Crippen molar-refractivity contribution in [1.82, 2.24) is 4.98 Å². The van der Waals surface area contributed by atoms with Gasteiger partial charge in [0.1, 0.15) is 5.76 Å². The number of fused-ring (bicyclic) bond motifs is 1. The Morgan fingerprint density at radius 2 is 2.04 bits per heavy atom. The summed E-state index contributed by atoms with van der Waals surface area (Å²) in [6.07, 6.45) is 2.55. The number of para-hydroxylation sites is 1. The average Bonchev–Trinajstić information content (AvgIpc) is 3.19. The number of aromatic nitrogens is 1. The van der Waals surface area contributed by atoms with Crippen LogP contribution in [0.4, 0.5) is 5.13 Å². The van der Waals surface area contributed by atoms with Crippen LogP contribution in [0.15, 0.2) is 41.0 Å². The summed E-state index contributed by atoms with van der Waals surface area (Å²) in [5.74, 6) is 0.790. The van der Waals surface area contributed by atoms with Gasteiger partial charge in [-0.25, -0.2) is 4.98 Å². The molecule has 0 fully saturated rings. The number of thiazole rings is 1. The highest BCUT2D eigenvalue weighted by molar-refractivity contribution is 7.22. The van der Waals surface area contributed by atoms with E-state index in [9.17, 15) is 4.79 Å². The summed E-state index contributed by atoms with van der Waals surface area (Å²) >= 11 is 1.55.